The predicted molar refractivity (Wildman–Crippen MR) is 68.0 cm³/mol. The van der Waals surface area contributed by atoms with Crippen LogP contribution in [0.25, 0.3) is 5.69 Å². The molecule has 0 unspecified atom stereocenters. The minimum Gasteiger partial charge on any atom is -0.294 e. The van der Waals surface area contributed by atoms with Gasteiger partial charge in [-0.2, -0.15) is 5.10 Å². The molecule has 2 rings (SSSR count). The number of hydrogen-bond donors (Lipinski definition) is 0. The highest BCUT2D eigenvalue weighted by Gasteiger charge is 2.16. The molecule has 0 N–H and O–H groups in total. The number of ketones is 1. The normalized spacial score (nSPS) is 10.7. The molecule has 18 heavy (non-hydrogen) atoms. The zero-order chi connectivity index (χ0) is 13.4. The topological polar surface area (TPSA) is 34.9 Å². The summed E-state index contributed by atoms with van der Waals surface area (Å²) in [7, 11) is 0. The third-order valence-corrected chi connectivity index (χ3v) is 3.32. The summed E-state index contributed by atoms with van der Waals surface area (Å²) in [5.41, 5.74) is 2.23. The SMILES string of the molecule is CC(=O)c1cc(F)ccc1-n1nc(C)c(Cl)c1C. The Morgan fingerprint density at radius 1 is 1.39 bits per heavy atom. The maximum atomic E-state index is 13.2. The molecule has 0 aliphatic rings. The van der Waals surface area contributed by atoms with Crippen molar-refractivity contribution in [3.05, 3.63) is 46.0 Å². The Balaban J connectivity index is 2.71. The summed E-state index contributed by atoms with van der Waals surface area (Å²) in [6.07, 6.45) is 0. The lowest BCUT2D eigenvalue weighted by atomic mass is 10.1. The van der Waals surface area contributed by atoms with E-state index < -0.39 is 5.82 Å². The molecule has 0 aliphatic carbocycles. The summed E-state index contributed by atoms with van der Waals surface area (Å²) in [5.74, 6) is -0.662. The fraction of sp³-hybridized carbons (Fsp3) is 0.231. The van der Waals surface area contributed by atoms with E-state index in [0.717, 1.165) is 5.69 Å². The lowest BCUT2D eigenvalue weighted by Crippen LogP contribution is -2.07. The average Bonchev–Trinajstić information content (AvgIpc) is 2.57. The van der Waals surface area contributed by atoms with Crippen LogP contribution in [0.2, 0.25) is 5.02 Å². The monoisotopic (exact) mass is 266 g/mol. The van der Waals surface area contributed by atoms with Crippen LogP contribution in [0.3, 0.4) is 0 Å². The largest absolute Gasteiger partial charge is 0.294 e. The molecule has 0 atom stereocenters. The van der Waals surface area contributed by atoms with Gasteiger partial charge in [-0.05, 0) is 39.0 Å². The number of aryl methyl sites for hydroxylation is 1. The van der Waals surface area contributed by atoms with E-state index in [2.05, 4.69) is 5.10 Å². The number of rotatable bonds is 2. The molecule has 94 valence electrons. The van der Waals surface area contributed by atoms with Crippen molar-refractivity contribution < 1.29 is 9.18 Å². The van der Waals surface area contributed by atoms with E-state index in [0.29, 0.717) is 16.4 Å². The summed E-state index contributed by atoms with van der Waals surface area (Å²) in [4.78, 5) is 11.6. The third-order valence-electron chi connectivity index (χ3n) is 2.77. The molecule has 5 heteroatoms. The summed E-state index contributed by atoms with van der Waals surface area (Å²) in [5, 5.41) is 4.81. The first kappa shape index (κ1) is 12.8. The van der Waals surface area contributed by atoms with Crippen LogP contribution in [0.5, 0.6) is 0 Å². The van der Waals surface area contributed by atoms with Gasteiger partial charge in [0.15, 0.2) is 5.78 Å². The van der Waals surface area contributed by atoms with Crippen molar-refractivity contribution in [2.75, 3.05) is 0 Å². The molecule has 0 aliphatic heterocycles. The number of aromatic nitrogens is 2. The number of benzene rings is 1. The van der Waals surface area contributed by atoms with E-state index in [-0.39, 0.29) is 11.3 Å². The highest BCUT2D eigenvalue weighted by molar-refractivity contribution is 6.31. The van der Waals surface area contributed by atoms with Crippen molar-refractivity contribution in [1.29, 1.82) is 0 Å². The lowest BCUT2D eigenvalue weighted by Gasteiger charge is -2.09. The maximum absolute atomic E-state index is 13.2. The highest BCUT2D eigenvalue weighted by Crippen LogP contribution is 2.24. The van der Waals surface area contributed by atoms with Gasteiger partial charge >= 0.3 is 0 Å². The molecular weight excluding hydrogens is 255 g/mol. The van der Waals surface area contributed by atoms with Gasteiger partial charge in [0.05, 0.1) is 22.1 Å². The van der Waals surface area contributed by atoms with Gasteiger partial charge in [0.2, 0.25) is 0 Å². The number of halogens is 2. The van der Waals surface area contributed by atoms with Crippen LogP contribution in [-0.4, -0.2) is 15.6 Å². The Labute approximate surface area is 109 Å². The van der Waals surface area contributed by atoms with Crippen molar-refractivity contribution in [1.82, 2.24) is 9.78 Å². The minimum atomic E-state index is -0.448. The molecule has 0 saturated heterocycles. The predicted octanol–water partition coefficient (Wildman–Crippen LogP) is 3.48. The van der Waals surface area contributed by atoms with E-state index in [1.807, 2.05) is 0 Å². The quantitative estimate of drug-likeness (QED) is 0.780. The molecule has 1 aromatic heterocycles. The molecule has 3 nitrogen and oxygen atoms in total. The van der Waals surface area contributed by atoms with Crippen LogP contribution in [0, 0.1) is 19.7 Å². The molecule has 2 aromatic rings. The molecule has 0 spiro atoms. The van der Waals surface area contributed by atoms with Crippen molar-refractivity contribution in [2.45, 2.75) is 20.8 Å². The van der Waals surface area contributed by atoms with Crippen molar-refractivity contribution in [3.63, 3.8) is 0 Å². The molecule has 0 saturated carbocycles. The van der Waals surface area contributed by atoms with E-state index in [1.54, 1.807) is 18.5 Å². The number of Topliss-reactive ketones (excluding diaryl/α,β-unsaturated/α-hetero) is 1. The van der Waals surface area contributed by atoms with Gasteiger partial charge in [0.1, 0.15) is 5.82 Å². The summed E-state index contributed by atoms with van der Waals surface area (Å²) < 4.78 is 14.8. The van der Waals surface area contributed by atoms with Crippen molar-refractivity contribution in [3.8, 4) is 5.69 Å². The van der Waals surface area contributed by atoms with Crippen molar-refractivity contribution in [2.24, 2.45) is 0 Å². The summed E-state index contributed by atoms with van der Waals surface area (Å²) in [6.45, 7) is 4.98. The first-order chi connectivity index (χ1) is 8.41. The van der Waals surface area contributed by atoms with Crippen LogP contribution >= 0.6 is 11.6 Å². The van der Waals surface area contributed by atoms with Gasteiger partial charge in [-0.25, -0.2) is 9.07 Å². The van der Waals surface area contributed by atoms with E-state index in [9.17, 15) is 9.18 Å². The number of carbonyl (C=O) groups is 1. The fourth-order valence-corrected chi connectivity index (χ4v) is 1.95. The Hall–Kier alpha value is -1.68. The molecule has 0 bridgehead atoms. The second-order valence-corrected chi connectivity index (χ2v) is 4.49. The molecule has 0 amide bonds. The zero-order valence-corrected chi connectivity index (χ0v) is 11.0. The van der Waals surface area contributed by atoms with E-state index in [4.69, 9.17) is 11.6 Å². The Kier molecular flexibility index (Phi) is 3.22. The zero-order valence-electron chi connectivity index (χ0n) is 10.3. The smallest absolute Gasteiger partial charge is 0.162 e. The van der Waals surface area contributed by atoms with Gasteiger partial charge < -0.3 is 0 Å². The van der Waals surface area contributed by atoms with E-state index >= 15 is 0 Å². The Morgan fingerprint density at radius 3 is 2.56 bits per heavy atom. The first-order valence-corrected chi connectivity index (χ1v) is 5.82. The van der Waals surface area contributed by atoms with Gasteiger partial charge in [-0.15, -0.1) is 0 Å². The number of nitrogens with zero attached hydrogens (tertiary/aromatic N) is 2. The van der Waals surface area contributed by atoms with E-state index in [1.165, 1.54) is 25.1 Å². The van der Waals surface area contributed by atoms with Crippen LogP contribution in [0.4, 0.5) is 4.39 Å². The molecular formula is C13H12ClFN2O. The highest BCUT2D eigenvalue weighted by atomic mass is 35.5. The first-order valence-electron chi connectivity index (χ1n) is 5.44. The third kappa shape index (κ3) is 2.04. The lowest BCUT2D eigenvalue weighted by molar-refractivity contribution is 0.101. The van der Waals surface area contributed by atoms with Crippen molar-refractivity contribution >= 4 is 17.4 Å². The molecule has 0 fully saturated rings. The number of carbonyl (C=O) groups excluding carboxylic acids is 1. The summed E-state index contributed by atoms with van der Waals surface area (Å²) in [6, 6.07) is 4.04. The minimum absolute atomic E-state index is 0.215. The van der Waals surface area contributed by atoms with Gasteiger partial charge in [0, 0.05) is 5.56 Å². The standard InChI is InChI=1S/C13H12ClFN2O/c1-7-13(14)8(2)17(16-7)12-5-4-10(15)6-11(12)9(3)18/h4-6H,1-3H3. The van der Waals surface area contributed by atoms with Gasteiger partial charge in [-0.3, -0.25) is 4.79 Å². The fourth-order valence-electron chi connectivity index (χ4n) is 1.83. The van der Waals surface area contributed by atoms with Crippen LogP contribution in [0.1, 0.15) is 28.7 Å². The second kappa shape index (κ2) is 4.53. The Bertz CT molecular complexity index is 634. The Morgan fingerprint density at radius 2 is 2.06 bits per heavy atom. The van der Waals surface area contributed by atoms with Gasteiger partial charge in [0.25, 0.3) is 0 Å². The maximum Gasteiger partial charge on any atom is 0.162 e. The van der Waals surface area contributed by atoms with Crippen LogP contribution < -0.4 is 0 Å². The van der Waals surface area contributed by atoms with Gasteiger partial charge in [-0.1, -0.05) is 11.6 Å². The summed E-state index contributed by atoms with van der Waals surface area (Å²) >= 11 is 6.07. The van der Waals surface area contributed by atoms with Crippen LogP contribution in [-0.2, 0) is 0 Å². The number of hydrogen-bond acceptors (Lipinski definition) is 2. The molecule has 0 radical (unpaired) electrons. The average molecular weight is 267 g/mol. The molecule has 1 heterocycles. The molecule has 1 aromatic carbocycles. The van der Waals surface area contributed by atoms with Crippen LogP contribution in [0.15, 0.2) is 18.2 Å². The second-order valence-electron chi connectivity index (χ2n) is 4.11.